The van der Waals surface area contributed by atoms with Crippen molar-refractivity contribution in [2.24, 2.45) is 5.41 Å². The number of hydrogen-bond donors (Lipinski definition) is 2. The van der Waals surface area contributed by atoms with Crippen LogP contribution in [-0.2, 0) is 5.54 Å². The summed E-state index contributed by atoms with van der Waals surface area (Å²) in [7, 11) is 1.52. The molecule has 1 aliphatic heterocycles. The number of amides is 1. The number of carboxylic acid groups (broad SMARTS) is 1. The molecule has 1 amide bonds. The summed E-state index contributed by atoms with van der Waals surface area (Å²) in [5.74, 6) is 0.668. The summed E-state index contributed by atoms with van der Waals surface area (Å²) in [6.07, 6.45) is -2.73. The van der Waals surface area contributed by atoms with Crippen LogP contribution in [0.5, 0.6) is 5.75 Å². The number of likely N-dealkylation sites (tertiary alicyclic amines) is 1. The molecule has 8 nitrogen and oxygen atoms in total. The van der Waals surface area contributed by atoms with Gasteiger partial charge in [-0.1, -0.05) is 20.8 Å². The van der Waals surface area contributed by atoms with E-state index in [2.05, 4.69) is 9.97 Å². The van der Waals surface area contributed by atoms with Crippen molar-refractivity contribution in [3.05, 3.63) is 34.4 Å². The summed E-state index contributed by atoms with van der Waals surface area (Å²) < 4.78 is 25.4. The number of methoxy groups -OCH3 is 1. The lowest BCUT2D eigenvalue weighted by Gasteiger charge is -2.45. The summed E-state index contributed by atoms with van der Waals surface area (Å²) in [5, 5.41) is 10.3. The monoisotopic (exact) mass is 403 g/mol. The number of halogens is 1. The van der Waals surface area contributed by atoms with Gasteiger partial charge in [-0.2, -0.15) is 0 Å². The molecule has 0 unspecified atom stereocenters. The number of rotatable bonds is 2. The van der Waals surface area contributed by atoms with Crippen LogP contribution in [0, 0.1) is 5.41 Å². The number of furan rings is 1. The van der Waals surface area contributed by atoms with E-state index in [4.69, 9.17) is 9.15 Å². The Balaban J connectivity index is 2.06. The maximum Gasteiger partial charge on any atom is 0.408 e. The van der Waals surface area contributed by atoms with Crippen LogP contribution in [0.1, 0.15) is 33.0 Å². The largest absolute Gasteiger partial charge is 0.497 e. The molecule has 0 radical (unpaired) electrons. The van der Waals surface area contributed by atoms with Crippen LogP contribution in [0.3, 0.4) is 0 Å². The first-order chi connectivity index (χ1) is 13.6. The van der Waals surface area contributed by atoms with Crippen LogP contribution in [0.15, 0.2) is 27.4 Å². The highest BCUT2D eigenvalue weighted by Gasteiger charge is 2.58. The normalized spacial score (nSPS) is 22.5. The highest BCUT2D eigenvalue weighted by molar-refractivity contribution is 6.02. The molecule has 2 N–H and O–H groups in total. The van der Waals surface area contributed by atoms with Crippen LogP contribution in [0.2, 0.25) is 0 Å². The third-order valence-corrected chi connectivity index (χ3v) is 5.75. The number of aromatic nitrogens is 2. The Morgan fingerprint density at radius 2 is 2.17 bits per heavy atom. The fourth-order valence-electron chi connectivity index (χ4n) is 4.34. The summed E-state index contributed by atoms with van der Waals surface area (Å²) >= 11 is 0. The molecule has 4 rings (SSSR count). The number of nitrogens with one attached hydrogen (secondary N) is 1. The van der Waals surface area contributed by atoms with E-state index in [-0.39, 0.29) is 29.9 Å². The number of hydrogen-bond acceptors (Lipinski definition) is 5. The third kappa shape index (κ3) is 2.67. The Kier molecular flexibility index (Phi) is 4.11. The van der Waals surface area contributed by atoms with Gasteiger partial charge >= 0.3 is 6.09 Å². The number of H-pyrrole nitrogens is 1. The molecule has 2 atom stereocenters. The Labute approximate surface area is 165 Å². The highest BCUT2D eigenvalue weighted by Crippen LogP contribution is 2.51. The molecule has 0 aliphatic carbocycles. The first-order valence-electron chi connectivity index (χ1n) is 9.24. The van der Waals surface area contributed by atoms with Crippen LogP contribution < -0.4 is 10.3 Å². The minimum atomic E-state index is -1.37. The Hall–Kier alpha value is -3.10. The van der Waals surface area contributed by atoms with Crippen molar-refractivity contribution < 1.29 is 23.4 Å². The SMILES string of the molecule is COc1ccc2oc3c(=O)[nH]c([C@@]4(C(C)(C)C)C[C@H](F)CN4C(=O)O)nc3c2c1. The van der Waals surface area contributed by atoms with E-state index in [1.807, 2.05) is 20.8 Å². The zero-order chi connectivity index (χ0) is 21.1. The Morgan fingerprint density at radius 3 is 2.79 bits per heavy atom. The number of alkyl halides is 1. The molecule has 154 valence electrons. The molecule has 29 heavy (non-hydrogen) atoms. The molecule has 1 aromatic carbocycles. The van der Waals surface area contributed by atoms with Gasteiger partial charge in [-0.3, -0.25) is 9.69 Å². The van der Waals surface area contributed by atoms with Gasteiger partial charge in [0.15, 0.2) is 0 Å². The standard InChI is InChI=1S/C20H22FN3O5/c1-19(2,3)20(8-10(21)9-24(20)18(26)27)17-22-14-12-7-11(28-4)5-6-13(12)29-15(14)16(25)23-17/h5-7,10H,8-9H2,1-4H3,(H,26,27)(H,22,23,25)/t10-,20+/m0/s1. The molecular weight excluding hydrogens is 381 g/mol. The number of fused-ring (bicyclic) bond motifs is 3. The van der Waals surface area contributed by atoms with Crippen molar-refractivity contribution in [2.45, 2.75) is 38.9 Å². The molecular formula is C20H22FN3O5. The van der Waals surface area contributed by atoms with Gasteiger partial charge in [-0.25, -0.2) is 14.2 Å². The number of benzene rings is 1. The molecule has 1 fully saturated rings. The van der Waals surface area contributed by atoms with Crippen molar-refractivity contribution in [2.75, 3.05) is 13.7 Å². The summed E-state index contributed by atoms with van der Waals surface area (Å²) in [6.45, 7) is 5.14. The van der Waals surface area contributed by atoms with Gasteiger partial charge in [-0.15, -0.1) is 0 Å². The van der Waals surface area contributed by atoms with Gasteiger partial charge in [0.05, 0.1) is 19.0 Å². The first-order valence-corrected chi connectivity index (χ1v) is 9.24. The van der Waals surface area contributed by atoms with Gasteiger partial charge < -0.3 is 19.2 Å². The molecule has 0 bridgehead atoms. The lowest BCUT2D eigenvalue weighted by molar-refractivity contribution is 0.0208. The maximum absolute atomic E-state index is 14.5. The number of ether oxygens (including phenoxy) is 1. The van der Waals surface area contributed by atoms with E-state index in [1.54, 1.807) is 18.2 Å². The topological polar surface area (TPSA) is 109 Å². The van der Waals surface area contributed by atoms with Crippen LogP contribution in [0.4, 0.5) is 9.18 Å². The molecule has 1 aliphatic rings. The van der Waals surface area contributed by atoms with Crippen molar-refractivity contribution in [3.63, 3.8) is 0 Å². The van der Waals surface area contributed by atoms with E-state index in [0.29, 0.717) is 16.7 Å². The van der Waals surface area contributed by atoms with Crippen molar-refractivity contribution >= 4 is 28.2 Å². The van der Waals surface area contributed by atoms with Crippen LogP contribution in [0.25, 0.3) is 22.1 Å². The van der Waals surface area contributed by atoms with Gasteiger partial charge in [0.25, 0.3) is 5.56 Å². The molecule has 2 aromatic heterocycles. The van der Waals surface area contributed by atoms with Gasteiger partial charge in [0.1, 0.15) is 34.4 Å². The van der Waals surface area contributed by atoms with Crippen LogP contribution in [-0.4, -0.2) is 45.9 Å². The lowest BCUT2D eigenvalue weighted by atomic mass is 9.71. The van der Waals surface area contributed by atoms with E-state index < -0.39 is 28.8 Å². The molecule has 3 aromatic rings. The predicted octanol–water partition coefficient (Wildman–Crippen LogP) is 3.64. The quantitative estimate of drug-likeness (QED) is 0.676. The van der Waals surface area contributed by atoms with E-state index in [0.717, 1.165) is 4.90 Å². The number of aromatic amines is 1. The molecule has 0 saturated carbocycles. The molecule has 1 saturated heterocycles. The summed E-state index contributed by atoms with van der Waals surface area (Å²) in [6, 6.07) is 5.07. The Bertz CT molecular complexity index is 1180. The zero-order valence-electron chi connectivity index (χ0n) is 16.6. The molecule has 9 heteroatoms. The molecule has 3 heterocycles. The third-order valence-electron chi connectivity index (χ3n) is 5.75. The minimum absolute atomic E-state index is 0.0257. The lowest BCUT2D eigenvalue weighted by Crippen LogP contribution is -2.54. The minimum Gasteiger partial charge on any atom is -0.497 e. The summed E-state index contributed by atoms with van der Waals surface area (Å²) in [4.78, 5) is 33.1. The first kappa shape index (κ1) is 19.2. The average molecular weight is 403 g/mol. The fourth-order valence-corrected chi connectivity index (χ4v) is 4.34. The summed E-state index contributed by atoms with van der Waals surface area (Å²) in [5.41, 5.74) is -1.87. The number of carbonyl (C=O) groups is 1. The second kappa shape index (κ2) is 6.20. The Morgan fingerprint density at radius 1 is 1.45 bits per heavy atom. The van der Waals surface area contributed by atoms with Gasteiger partial charge in [0, 0.05) is 6.42 Å². The second-order valence-electron chi connectivity index (χ2n) is 8.36. The van der Waals surface area contributed by atoms with Gasteiger partial charge in [-0.05, 0) is 23.6 Å². The number of nitrogens with zero attached hydrogens (tertiary/aromatic N) is 2. The van der Waals surface area contributed by atoms with E-state index in [9.17, 15) is 19.1 Å². The van der Waals surface area contributed by atoms with Crippen molar-refractivity contribution in [1.29, 1.82) is 0 Å². The highest BCUT2D eigenvalue weighted by atomic mass is 19.1. The second-order valence-corrected chi connectivity index (χ2v) is 8.36. The zero-order valence-corrected chi connectivity index (χ0v) is 16.6. The fraction of sp³-hybridized carbons (Fsp3) is 0.450. The smallest absolute Gasteiger partial charge is 0.408 e. The van der Waals surface area contributed by atoms with Crippen molar-refractivity contribution in [3.8, 4) is 5.75 Å². The van der Waals surface area contributed by atoms with Crippen LogP contribution >= 0.6 is 0 Å². The van der Waals surface area contributed by atoms with E-state index in [1.165, 1.54) is 7.11 Å². The van der Waals surface area contributed by atoms with Gasteiger partial charge in [0.2, 0.25) is 5.58 Å². The van der Waals surface area contributed by atoms with E-state index >= 15 is 0 Å². The predicted molar refractivity (Wildman–Crippen MR) is 104 cm³/mol. The average Bonchev–Trinajstić information content (AvgIpc) is 3.20. The maximum atomic E-state index is 14.5. The van der Waals surface area contributed by atoms with Crippen molar-refractivity contribution in [1.82, 2.24) is 14.9 Å². The molecule has 0 spiro atoms.